The smallest absolute Gasteiger partial charge is 0.331 e. The molecule has 8 nitrogen and oxygen atoms in total. The van der Waals surface area contributed by atoms with Crippen LogP contribution in [0.1, 0.15) is 43.2 Å². The van der Waals surface area contributed by atoms with Gasteiger partial charge in [0.2, 0.25) is 0 Å². The van der Waals surface area contributed by atoms with Crippen molar-refractivity contribution in [3.05, 3.63) is 94.0 Å². The summed E-state index contributed by atoms with van der Waals surface area (Å²) >= 11 is 0. The summed E-state index contributed by atoms with van der Waals surface area (Å²) in [6.07, 6.45) is 6.11. The summed E-state index contributed by atoms with van der Waals surface area (Å²) in [5, 5.41) is 11.0. The fourth-order valence-electron chi connectivity index (χ4n) is 8.71. The topological polar surface area (TPSA) is 91.1 Å². The molecule has 2 heterocycles. The van der Waals surface area contributed by atoms with Gasteiger partial charge in [0.15, 0.2) is 5.60 Å². The lowest BCUT2D eigenvalue weighted by Gasteiger charge is -2.71. The van der Waals surface area contributed by atoms with Crippen molar-refractivity contribution >= 4 is 23.0 Å². The minimum Gasteiger partial charge on any atom is -0.425 e. The van der Waals surface area contributed by atoms with Crippen LogP contribution in [0, 0.1) is 33.8 Å². The lowest BCUT2D eigenvalue weighted by molar-refractivity contribution is -0.583. The van der Waals surface area contributed by atoms with Crippen LogP contribution in [0.4, 0.5) is 17.1 Å². The van der Waals surface area contributed by atoms with Gasteiger partial charge in [-0.3, -0.25) is 10.1 Å². The molecule has 8 heteroatoms. The predicted octanol–water partition coefficient (Wildman–Crippen LogP) is 6.05. The van der Waals surface area contributed by atoms with Crippen LogP contribution >= 0.6 is 0 Å². The van der Waals surface area contributed by atoms with Crippen molar-refractivity contribution in [1.29, 1.82) is 0 Å². The third-order valence-electron chi connectivity index (χ3n) is 9.92. The molecule has 0 aromatic heterocycles. The molecule has 0 N–H and O–H groups in total. The highest BCUT2D eigenvalue weighted by atomic mass is 17.3. The number of nitro groups is 1. The van der Waals surface area contributed by atoms with E-state index in [9.17, 15) is 14.9 Å². The van der Waals surface area contributed by atoms with E-state index in [1.54, 1.807) is 0 Å². The summed E-state index contributed by atoms with van der Waals surface area (Å²) in [4.78, 5) is 38.4. The quantitative estimate of drug-likeness (QED) is 0.135. The van der Waals surface area contributed by atoms with Gasteiger partial charge in [-0.25, -0.2) is 14.6 Å². The zero-order valence-electron chi connectivity index (χ0n) is 21.3. The van der Waals surface area contributed by atoms with Gasteiger partial charge in [-0.2, -0.15) is 0 Å². The van der Waals surface area contributed by atoms with Gasteiger partial charge in [-0.05, 0) is 80.0 Å². The Labute approximate surface area is 225 Å². The largest absolute Gasteiger partial charge is 0.425 e. The molecule has 198 valence electrons. The number of ether oxygens (including phenoxy) is 1. The third-order valence-corrected chi connectivity index (χ3v) is 9.92. The molecule has 2 aliphatic heterocycles. The second kappa shape index (κ2) is 8.13. The highest BCUT2D eigenvalue weighted by Gasteiger charge is 2.77. The molecule has 39 heavy (non-hydrogen) atoms. The number of rotatable bonds is 4. The molecule has 9 rings (SSSR count). The van der Waals surface area contributed by atoms with Gasteiger partial charge < -0.3 is 9.64 Å². The molecule has 4 bridgehead atoms. The van der Waals surface area contributed by atoms with Crippen molar-refractivity contribution in [2.75, 3.05) is 11.4 Å². The van der Waals surface area contributed by atoms with Crippen molar-refractivity contribution in [3.8, 4) is 5.75 Å². The van der Waals surface area contributed by atoms with E-state index in [1.807, 2.05) is 41.3 Å². The van der Waals surface area contributed by atoms with Gasteiger partial charge in [-0.15, -0.1) is 0 Å². The van der Waals surface area contributed by atoms with Crippen LogP contribution in [0.15, 0.2) is 72.8 Å². The molecule has 1 saturated heterocycles. The first-order valence-electron chi connectivity index (χ1n) is 13.8. The second-order valence-corrected chi connectivity index (χ2v) is 11.8. The van der Waals surface area contributed by atoms with Gasteiger partial charge in [-0.1, -0.05) is 36.4 Å². The lowest BCUT2D eigenvalue weighted by Crippen LogP contribution is -2.76. The summed E-state index contributed by atoms with van der Waals surface area (Å²) in [6, 6.07) is 21.9. The number of anilines is 2. The molecular formula is C31H28N2O6. The SMILES string of the molecule is O=C(CN1c2ccccc2C2(OOC23C2CC4CC(C2)CC3C4)c2ccccc21)Oc1ccc([N+](=O)[O-])cc1. The standard InChI is InChI=1S/C31H28N2O6/c34-29(37-24-11-9-23(10-12-24)33(35)36)18-32-27-7-3-1-5-25(27)31(26-6-2-4-8-28(26)32)30(38-39-31)21-14-19-13-20(16-21)17-22(30)15-19/h1-12,19-22H,13-18H2. The number of carbonyl (C=O) groups is 1. The van der Waals surface area contributed by atoms with Crippen LogP contribution in [0.5, 0.6) is 5.75 Å². The summed E-state index contributed by atoms with van der Waals surface area (Å²) in [5.41, 5.74) is 2.71. The van der Waals surface area contributed by atoms with Gasteiger partial charge in [0.25, 0.3) is 5.69 Å². The van der Waals surface area contributed by atoms with E-state index in [-0.39, 0.29) is 18.0 Å². The Morgan fingerprint density at radius 1 is 0.846 bits per heavy atom. The minimum absolute atomic E-state index is 0.0219. The molecule has 3 aromatic rings. The first-order valence-corrected chi connectivity index (χ1v) is 13.8. The molecule has 4 aliphatic carbocycles. The molecule has 2 spiro atoms. The molecule has 0 amide bonds. The van der Waals surface area contributed by atoms with Gasteiger partial charge in [0, 0.05) is 34.6 Å². The van der Waals surface area contributed by atoms with E-state index in [0.29, 0.717) is 11.8 Å². The van der Waals surface area contributed by atoms with Gasteiger partial charge in [0.1, 0.15) is 17.9 Å². The Hall–Kier alpha value is -3.75. The molecule has 4 saturated carbocycles. The molecular weight excluding hydrogens is 496 g/mol. The van der Waals surface area contributed by atoms with Crippen molar-refractivity contribution in [1.82, 2.24) is 0 Å². The summed E-state index contributed by atoms with van der Waals surface area (Å²) < 4.78 is 5.60. The predicted molar refractivity (Wildman–Crippen MR) is 141 cm³/mol. The number of para-hydroxylation sites is 2. The van der Waals surface area contributed by atoms with Crippen LogP contribution in [0.25, 0.3) is 0 Å². The second-order valence-electron chi connectivity index (χ2n) is 11.8. The van der Waals surface area contributed by atoms with Crippen LogP contribution < -0.4 is 9.64 Å². The number of hydrogen-bond donors (Lipinski definition) is 0. The number of nitrogens with zero attached hydrogens (tertiary/aromatic N) is 2. The number of hydrogen-bond acceptors (Lipinski definition) is 7. The highest BCUT2D eigenvalue weighted by Crippen LogP contribution is 2.73. The van der Waals surface area contributed by atoms with E-state index in [0.717, 1.165) is 34.3 Å². The first-order chi connectivity index (χ1) is 19.0. The van der Waals surface area contributed by atoms with E-state index < -0.39 is 22.1 Å². The molecule has 6 aliphatic rings. The molecule has 0 radical (unpaired) electrons. The summed E-state index contributed by atoms with van der Waals surface area (Å²) in [6.45, 7) is -0.0219. The maximum atomic E-state index is 13.2. The fourth-order valence-corrected chi connectivity index (χ4v) is 8.71. The van der Waals surface area contributed by atoms with Gasteiger partial charge in [0.05, 0.1) is 4.92 Å². The lowest BCUT2D eigenvalue weighted by atomic mass is 9.44. The third kappa shape index (κ3) is 3.04. The average Bonchev–Trinajstić information content (AvgIpc) is 2.92. The van der Waals surface area contributed by atoms with Crippen molar-refractivity contribution < 1.29 is 24.2 Å². The Bertz CT molecular complexity index is 1430. The Balaban J connectivity index is 1.18. The molecule has 5 fully saturated rings. The number of fused-ring (bicyclic) bond motifs is 4. The Morgan fingerprint density at radius 2 is 1.41 bits per heavy atom. The van der Waals surface area contributed by atoms with Crippen LogP contribution in [-0.2, 0) is 20.2 Å². The molecule has 3 aromatic carbocycles. The maximum Gasteiger partial charge on any atom is 0.331 e. The van der Waals surface area contributed by atoms with Crippen molar-refractivity contribution in [2.45, 2.75) is 43.3 Å². The monoisotopic (exact) mass is 524 g/mol. The normalized spacial score (nSPS) is 30.5. The first kappa shape index (κ1) is 23.2. The number of nitro benzene ring substituents is 1. The van der Waals surface area contributed by atoms with E-state index in [4.69, 9.17) is 14.5 Å². The van der Waals surface area contributed by atoms with Crippen LogP contribution in [0.2, 0.25) is 0 Å². The molecule has 0 unspecified atom stereocenters. The van der Waals surface area contributed by atoms with Crippen LogP contribution in [-0.4, -0.2) is 23.0 Å². The minimum atomic E-state index is -0.721. The highest BCUT2D eigenvalue weighted by molar-refractivity contribution is 5.87. The van der Waals surface area contributed by atoms with E-state index in [2.05, 4.69) is 12.1 Å². The maximum absolute atomic E-state index is 13.2. The number of non-ortho nitro benzene ring substituents is 1. The Morgan fingerprint density at radius 3 is 1.92 bits per heavy atom. The van der Waals surface area contributed by atoms with Crippen LogP contribution in [0.3, 0.4) is 0 Å². The number of carbonyl (C=O) groups excluding carboxylic acids is 1. The van der Waals surface area contributed by atoms with Gasteiger partial charge >= 0.3 is 5.97 Å². The van der Waals surface area contributed by atoms with Crippen molar-refractivity contribution in [3.63, 3.8) is 0 Å². The zero-order valence-corrected chi connectivity index (χ0v) is 21.3. The Kier molecular flexibility index (Phi) is 4.83. The average molecular weight is 525 g/mol. The molecule has 0 atom stereocenters. The van der Waals surface area contributed by atoms with Crippen molar-refractivity contribution in [2.24, 2.45) is 23.7 Å². The number of benzene rings is 3. The fraction of sp³-hybridized carbons (Fsp3) is 0.387. The number of esters is 1. The van der Waals surface area contributed by atoms with E-state index in [1.165, 1.54) is 56.4 Å². The summed E-state index contributed by atoms with van der Waals surface area (Å²) in [7, 11) is 0. The summed E-state index contributed by atoms with van der Waals surface area (Å²) in [5.74, 6) is 2.28. The zero-order chi connectivity index (χ0) is 26.4. The van der Waals surface area contributed by atoms with E-state index >= 15 is 0 Å².